The smallest absolute Gasteiger partial charge is 0.150 e. The Morgan fingerprint density at radius 3 is 2.74 bits per heavy atom. The molecule has 1 aromatic carbocycles. The first-order chi connectivity index (χ1) is 8.91. The van der Waals surface area contributed by atoms with E-state index in [1.165, 1.54) is 0 Å². The Bertz CT molecular complexity index is 557. The van der Waals surface area contributed by atoms with Gasteiger partial charge in [0.15, 0.2) is 9.84 Å². The molecule has 2 unspecified atom stereocenters. The van der Waals surface area contributed by atoms with Crippen molar-refractivity contribution >= 4 is 21.4 Å². The first kappa shape index (κ1) is 14.8. The van der Waals surface area contributed by atoms with Crippen molar-refractivity contribution in [3.8, 4) is 0 Å². The highest BCUT2D eigenvalue weighted by Crippen LogP contribution is 2.30. The lowest BCUT2D eigenvalue weighted by Crippen LogP contribution is -2.20. The predicted octanol–water partition coefficient (Wildman–Crippen LogP) is 2.73. The number of sulfone groups is 1. The van der Waals surface area contributed by atoms with Crippen molar-refractivity contribution < 1.29 is 8.42 Å². The summed E-state index contributed by atoms with van der Waals surface area (Å²) in [7, 11) is -0.896. The van der Waals surface area contributed by atoms with E-state index >= 15 is 0 Å². The van der Waals surface area contributed by atoms with Crippen LogP contribution in [0.4, 0.5) is 0 Å². The zero-order valence-corrected chi connectivity index (χ0v) is 12.9. The lowest BCUT2D eigenvalue weighted by atomic mass is 9.94. The van der Waals surface area contributed by atoms with Crippen LogP contribution in [0.2, 0.25) is 5.02 Å². The van der Waals surface area contributed by atoms with Crippen LogP contribution in [0.25, 0.3) is 0 Å². The van der Waals surface area contributed by atoms with Gasteiger partial charge in [-0.3, -0.25) is 0 Å². The van der Waals surface area contributed by atoms with Crippen molar-refractivity contribution in [2.75, 3.05) is 18.6 Å². The first-order valence-electron chi connectivity index (χ1n) is 6.55. The van der Waals surface area contributed by atoms with Crippen LogP contribution >= 0.6 is 11.6 Å². The normalized spacial score (nSPS) is 23.4. The number of aryl methyl sites for hydroxylation is 1. The third-order valence-electron chi connectivity index (χ3n) is 3.84. The van der Waals surface area contributed by atoms with Gasteiger partial charge in [0.25, 0.3) is 0 Å². The molecule has 0 aliphatic carbocycles. The van der Waals surface area contributed by atoms with Crippen LogP contribution in [0.5, 0.6) is 0 Å². The van der Waals surface area contributed by atoms with E-state index in [-0.39, 0.29) is 12.0 Å². The summed E-state index contributed by atoms with van der Waals surface area (Å²) in [6.45, 7) is 1.98. The summed E-state index contributed by atoms with van der Waals surface area (Å²) in [5.41, 5.74) is 2.19. The Labute approximate surface area is 120 Å². The van der Waals surface area contributed by atoms with E-state index in [1.54, 1.807) is 0 Å². The molecule has 1 aliphatic rings. The monoisotopic (exact) mass is 301 g/mol. The van der Waals surface area contributed by atoms with Gasteiger partial charge < -0.3 is 5.32 Å². The van der Waals surface area contributed by atoms with Gasteiger partial charge >= 0.3 is 0 Å². The summed E-state index contributed by atoms with van der Waals surface area (Å²) in [4.78, 5) is 0. The largest absolute Gasteiger partial charge is 0.313 e. The maximum absolute atomic E-state index is 11.5. The zero-order valence-electron chi connectivity index (χ0n) is 11.3. The topological polar surface area (TPSA) is 46.2 Å². The number of rotatable bonds is 4. The van der Waals surface area contributed by atoms with Crippen LogP contribution in [0.15, 0.2) is 18.2 Å². The quantitative estimate of drug-likeness (QED) is 0.930. The van der Waals surface area contributed by atoms with Crippen LogP contribution in [-0.2, 0) is 9.84 Å². The lowest BCUT2D eigenvalue weighted by molar-refractivity contribution is 0.437. The molecule has 0 aromatic heterocycles. The molecule has 2 rings (SSSR count). The van der Waals surface area contributed by atoms with E-state index in [4.69, 9.17) is 11.6 Å². The molecule has 0 saturated carbocycles. The molecule has 0 bridgehead atoms. The first-order valence-corrected chi connectivity index (χ1v) is 8.75. The van der Waals surface area contributed by atoms with E-state index < -0.39 is 9.84 Å². The van der Waals surface area contributed by atoms with E-state index in [0.717, 1.165) is 29.0 Å². The number of nitrogens with one attached hydrogen (secondary N) is 1. The second-order valence-electron chi connectivity index (χ2n) is 5.35. The van der Waals surface area contributed by atoms with Crippen LogP contribution in [-0.4, -0.2) is 27.0 Å². The van der Waals surface area contributed by atoms with Crippen LogP contribution in [0.1, 0.15) is 30.0 Å². The molecule has 106 valence electrons. The molecule has 1 heterocycles. The molecule has 1 N–H and O–H groups in total. The Morgan fingerprint density at radius 1 is 1.47 bits per heavy atom. The van der Waals surface area contributed by atoms with Crippen molar-refractivity contribution in [1.82, 2.24) is 5.32 Å². The van der Waals surface area contributed by atoms with Gasteiger partial charge in [0.2, 0.25) is 0 Å². The van der Waals surface area contributed by atoms with E-state index in [1.807, 2.05) is 26.1 Å². The highest BCUT2D eigenvalue weighted by molar-refractivity contribution is 7.91. The predicted molar refractivity (Wildman–Crippen MR) is 79.4 cm³/mol. The molecule has 3 nitrogen and oxygen atoms in total. The average Bonchev–Trinajstić information content (AvgIpc) is 2.69. The number of hydrogen-bond acceptors (Lipinski definition) is 3. The molecular formula is C14H20ClNO2S. The van der Waals surface area contributed by atoms with Crippen molar-refractivity contribution in [2.45, 2.75) is 25.8 Å². The van der Waals surface area contributed by atoms with Gasteiger partial charge in [-0.2, -0.15) is 0 Å². The van der Waals surface area contributed by atoms with Gasteiger partial charge in [-0.1, -0.05) is 23.7 Å². The third kappa shape index (κ3) is 3.71. The Balaban J connectivity index is 2.10. The second kappa shape index (κ2) is 5.81. The summed E-state index contributed by atoms with van der Waals surface area (Å²) in [5, 5.41) is 4.03. The van der Waals surface area contributed by atoms with E-state index in [9.17, 15) is 8.42 Å². The van der Waals surface area contributed by atoms with Gasteiger partial charge in [0.1, 0.15) is 0 Å². The fourth-order valence-electron chi connectivity index (χ4n) is 2.64. The minimum Gasteiger partial charge on any atom is -0.313 e. The van der Waals surface area contributed by atoms with Crippen LogP contribution < -0.4 is 5.32 Å². The van der Waals surface area contributed by atoms with Crippen molar-refractivity contribution in [1.29, 1.82) is 0 Å². The molecule has 2 atom stereocenters. The molecule has 0 amide bonds. The molecule has 1 fully saturated rings. The minimum absolute atomic E-state index is 0.163. The van der Waals surface area contributed by atoms with Crippen molar-refractivity contribution in [3.05, 3.63) is 34.3 Å². The Morgan fingerprint density at radius 2 is 2.21 bits per heavy atom. The lowest BCUT2D eigenvalue weighted by Gasteiger charge is -2.20. The molecular weight excluding hydrogens is 282 g/mol. The molecule has 1 aliphatic heterocycles. The van der Waals surface area contributed by atoms with Gasteiger partial charge in [-0.05, 0) is 49.9 Å². The highest BCUT2D eigenvalue weighted by atomic mass is 35.5. The fraction of sp³-hybridized carbons (Fsp3) is 0.571. The number of benzene rings is 1. The zero-order chi connectivity index (χ0) is 14.0. The molecule has 1 aromatic rings. The summed E-state index contributed by atoms with van der Waals surface area (Å²) in [6, 6.07) is 6.21. The molecule has 5 heteroatoms. The van der Waals surface area contributed by atoms with Crippen molar-refractivity contribution in [2.24, 2.45) is 5.92 Å². The Kier molecular flexibility index (Phi) is 4.54. The Hall–Kier alpha value is -0.580. The van der Waals surface area contributed by atoms with Gasteiger partial charge in [0, 0.05) is 11.1 Å². The summed E-state index contributed by atoms with van der Waals surface area (Å²) in [5.74, 6) is 0.913. The summed E-state index contributed by atoms with van der Waals surface area (Å²) in [6.07, 6.45) is 1.62. The van der Waals surface area contributed by atoms with E-state index in [2.05, 4.69) is 11.4 Å². The van der Waals surface area contributed by atoms with Crippen LogP contribution in [0.3, 0.4) is 0 Å². The summed E-state index contributed by atoms with van der Waals surface area (Å²) < 4.78 is 23.0. The molecule has 0 spiro atoms. The SMILES string of the molecule is CNC(CC1CCS(=O)(=O)C1)c1ccc(C)c(Cl)c1. The van der Waals surface area contributed by atoms with Gasteiger partial charge in [0.05, 0.1) is 11.5 Å². The maximum Gasteiger partial charge on any atom is 0.150 e. The standard InChI is InChI=1S/C14H20ClNO2S/c1-10-3-4-12(8-13(10)15)14(16-2)7-11-5-6-19(17,18)9-11/h3-4,8,11,14,16H,5-7,9H2,1-2H3. The highest BCUT2D eigenvalue weighted by Gasteiger charge is 2.29. The number of halogens is 1. The third-order valence-corrected chi connectivity index (χ3v) is 6.09. The minimum atomic E-state index is -2.80. The summed E-state index contributed by atoms with van der Waals surface area (Å²) >= 11 is 6.15. The molecule has 0 radical (unpaired) electrons. The van der Waals surface area contributed by atoms with Gasteiger partial charge in [-0.15, -0.1) is 0 Å². The maximum atomic E-state index is 11.5. The van der Waals surface area contributed by atoms with Crippen LogP contribution in [0, 0.1) is 12.8 Å². The van der Waals surface area contributed by atoms with Crippen molar-refractivity contribution in [3.63, 3.8) is 0 Å². The molecule has 1 saturated heterocycles. The fourth-order valence-corrected chi connectivity index (χ4v) is 4.71. The number of hydrogen-bond donors (Lipinski definition) is 1. The second-order valence-corrected chi connectivity index (χ2v) is 7.99. The van der Waals surface area contributed by atoms with E-state index in [0.29, 0.717) is 11.5 Å². The average molecular weight is 302 g/mol. The molecule has 19 heavy (non-hydrogen) atoms. The van der Waals surface area contributed by atoms with Gasteiger partial charge in [-0.25, -0.2) is 8.42 Å².